The van der Waals surface area contributed by atoms with E-state index in [4.69, 9.17) is 0 Å². The number of aryl methyl sites for hydroxylation is 2. The van der Waals surface area contributed by atoms with Gasteiger partial charge in [0.25, 0.3) is 10.0 Å². The highest BCUT2D eigenvalue weighted by Gasteiger charge is 2.18. The lowest BCUT2D eigenvalue weighted by molar-refractivity contribution is 0.590. The summed E-state index contributed by atoms with van der Waals surface area (Å²) in [6.45, 7) is 10.3. The molecule has 2 aromatic rings. The van der Waals surface area contributed by atoms with Crippen LogP contribution in [0.15, 0.2) is 47.4 Å². The number of hydrogen-bond acceptors (Lipinski definition) is 2. The first kappa shape index (κ1) is 16.6. The number of sulfonamides is 1. The largest absolute Gasteiger partial charge is 0.279 e. The molecule has 0 radical (unpaired) electrons. The Morgan fingerprint density at radius 1 is 0.909 bits per heavy atom. The van der Waals surface area contributed by atoms with E-state index in [0.717, 1.165) is 11.1 Å². The van der Waals surface area contributed by atoms with Crippen LogP contribution in [-0.2, 0) is 15.4 Å². The summed E-state index contributed by atoms with van der Waals surface area (Å²) >= 11 is 0. The van der Waals surface area contributed by atoms with E-state index in [9.17, 15) is 8.42 Å². The van der Waals surface area contributed by atoms with Gasteiger partial charge in [0.2, 0.25) is 0 Å². The van der Waals surface area contributed by atoms with E-state index in [-0.39, 0.29) is 10.3 Å². The second-order valence-corrected chi connectivity index (χ2v) is 8.38. The Hall–Kier alpha value is -1.81. The molecule has 0 amide bonds. The Morgan fingerprint density at radius 2 is 1.50 bits per heavy atom. The molecule has 0 unspecified atom stereocenters. The van der Waals surface area contributed by atoms with Gasteiger partial charge in [0.05, 0.1) is 10.6 Å². The third kappa shape index (κ3) is 3.69. The third-order valence-electron chi connectivity index (χ3n) is 3.67. The van der Waals surface area contributed by atoms with E-state index in [1.165, 1.54) is 5.56 Å². The summed E-state index contributed by atoms with van der Waals surface area (Å²) in [6.07, 6.45) is 0. The van der Waals surface area contributed by atoms with E-state index < -0.39 is 10.0 Å². The first-order chi connectivity index (χ1) is 10.1. The summed E-state index contributed by atoms with van der Waals surface area (Å²) in [6, 6.07) is 12.7. The topological polar surface area (TPSA) is 46.2 Å². The highest BCUT2D eigenvalue weighted by molar-refractivity contribution is 7.92. The fraction of sp³-hybridized carbons (Fsp3) is 0.333. The Labute approximate surface area is 133 Å². The van der Waals surface area contributed by atoms with Crippen LogP contribution in [0.4, 0.5) is 5.69 Å². The Bertz CT molecular complexity index is 770. The van der Waals surface area contributed by atoms with Crippen LogP contribution < -0.4 is 4.72 Å². The van der Waals surface area contributed by atoms with Gasteiger partial charge < -0.3 is 0 Å². The molecular formula is C18H23NO2S. The van der Waals surface area contributed by atoms with Crippen molar-refractivity contribution >= 4 is 15.7 Å². The zero-order valence-corrected chi connectivity index (χ0v) is 14.6. The van der Waals surface area contributed by atoms with Crippen LogP contribution in [0.1, 0.15) is 37.5 Å². The smallest absolute Gasteiger partial charge is 0.261 e. The lowest BCUT2D eigenvalue weighted by Crippen LogP contribution is -2.15. The lowest BCUT2D eigenvalue weighted by Gasteiger charge is -2.21. The molecule has 2 rings (SSSR count). The van der Waals surface area contributed by atoms with Crippen molar-refractivity contribution < 1.29 is 8.42 Å². The quantitative estimate of drug-likeness (QED) is 0.912. The summed E-state index contributed by atoms with van der Waals surface area (Å²) < 4.78 is 27.5. The van der Waals surface area contributed by atoms with E-state index in [1.807, 2.05) is 32.0 Å². The summed E-state index contributed by atoms with van der Waals surface area (Å²) in [4.78, 5) is 0.275. The second kappa shape index (κ2) is 5.76. The van der Waals surface area contributed by atoms with E-state index in [2.05, 4.69) is 25.5 Å². The monoisotopic (exact) mass is 317 g/mol. The molecule has 0 saturated heterocycles. The molecule has 22 heavy (non-hydrogen) atoms. The molecule has 1 N–H and O–H groups in total. The first-order valence-corrected chi connectivity index (χ1v) is 8.78. The average molecular weight is 317 g/mol. The molecule has 0 spiro atoms. The van der Waals surface area contributed by atoms with Crippen LogP contribution in [-0.4, -0.2) is 8.42 Å². The van der Waals surface area contributed by atoms with Gasteiger partial charge in [-0.25, -0.2) is 8.42 Å². The van der Waals surface area contributed by atoms with Crippen molar-refractivity contribution in [3.05, 3.63) is 59.2 Å². The molecule has 0 aliphatic rings. The summed E-state index contributed by atoms with van der Waals surface area (Å²) in [7, 11) is -3.55. The van der Waals surface area contributed by atoms with E-state index in [1.54, 1.807) is 24.3 Å². The molecule has 0 fully saturated rings. The van der Waals surface area contributed by atoms with Crippen molar-refractivity contribution in [1.29, 1.82) is 0 Å². The van der Waals surface area contributed by atoms with Crippen molar-refractivity contribution in [3.63, 3.8) is 0 Å². The number of anilines is 1. The summed E-state index contributed by atoms with van der Waals surface area (Å²) in [5.74, 6) is 0. The fourth-order valence-corrected chi connectivity index (χ4v) is 3.30. The van der Waals surface area contributed by atoms with Crippen LogP contribution in [0.3, 0.4) is 0 Å². The lowest BCUT2D eigenvalue weighted by atomic mass is 9.86. The van der Waals surface area contributed by atoms with Crippen LogP contribution >= 0.6 is 0 Å². The Balaban J connectivity index is 2.32. The van der Waals surface area contributed by atoms with Gasteiger partial charge in [0.1, 0.15) is 0 Å². The van der Waals surface area contributed by atoms with Gasteiger partial charge in [-0.15, -0.1) is 0 Å². The highest BCUT2D eigenvalue weighted by Crippen LogP contribution is 2.27. The maximum atomic E-state index is 12.4. The van der Waals surface area contributed by atoms with Gasteiger partial charge in [-0.2, -0.15) is 0 Å². The number of nitrogens with one attached hydrogen (secondary N) is 1. The van der Waals surface area contributed by atoms with Gasteiger partial charge in [0.15, 0.2) is 0 Å². The molecule has 4 heteroatoms. The number of benzene rings is 2. The van der Waals surface area contributed by atoms with Crippen molar-refractivity contribution in [2.24, 2.45) is 0 Å². The summed E-state index contributed by atoms with van der Waals surface area (Å²) in [5.41, 5.74) is 3.80. The molecule has 0 saturated carbocycles. The normalized spacial score (nSPS) is 12.2. The zero-order chi connectivity index (χ0) is 16.5. The number of hydrogen-bond donors (Lipinski definition) is 1. The minimum Gasteiger partial charge on any atom is -0.279 e. The van der Waals surface area contributed by atoms with Gasteiger partial charge in [0, 0.05) is 0 Å². The molecule has 118 valence electrons. The van der Waals surface area contributed by atoms with Crippen molar-refractivity contribution in [1.82, 2.24) is 0 Å². The van der Waals surface area contributed by atoms with Crippen molar-refractivity contribution in [2.75, 3.05) is 4.72 Å². The minimum absolute atomic E-state index is 0.0408. The molecule has 0 heterocycles. The van der Waals surface area contributed by atoms with Gasteiger partial charge in [-0.05, 0) is 48.6 Å². The van der Waals surface area contributed by atoms with E-state index >= 15 is 0 Å². The maximum Gasteiger partial charge on any atom is 0.261 e. The predicted molar refractivity (Wildman–Crippen MR) is 91.9 cm³/mol. The van der Waals surface area contributed by atoms with Crippen LogP contribution in [0, 0.1) is 13.8 Å². The standard InChI is InChI=1S/C18H23NO2S/c1-13-6-9-16(10-7-13)22(20,21)19-17-11-8-15(12-14(17)2)18(3,4)5/h6-12,19H,1-5H3. The maximum absolute atomic E-state index is 12.4. The Kier molecular flexibility index (Phi) is 4.34. The van der Waals surface area contributed by atoms with Crippen molar-refractivity contribution in [2.45, 2.75) is 44.9 Å². The van der Waals surface area contributed by atoms with Crippen molar-refractivity contribution in [3.8, 4) is 0 Å². The molecule has 2 aromatic carbocycles. The average Bonchev–Trinajstić information content (AvgIpc) is 2.40. The van der Waals surface area contributed by atoms with Gasteiger partial charge in [-0.1, -0.05) is 50.6 Å². The highest BCUT2D eigenvalue weighted by atomic mass is 32.2. The first-order valence-electron chi connectivity index (χ1n) is 7.30. The van der Waals surface area contributed by atoms with Crippen LogP contribution in [0.2, 0.25) is 0 Å². The predicted octanol–water partition coefficient (Wildman–Crippen LogP) is 4.40. The molecular weight excluding hydrogens is 294 g/mol. The van der Waals surface area contributed by atoms with Crippen LogP contribution in [0.25, 0.3) is 0 Å². The molecule has 0 atom stereocenters. The Morgan fingerprint density at radius 3 is 2.00 bits per heavy atom. The molecule has 0 aromatic heterocycles. The molecule has 0 aliphatic heterocycles. The zero-order valence-electron chi connectivity index (χ0n) is 13.8. The van der Waals surface area contributed by atoms with Crippen LogP contribution in [0.5, 0.6) is 0 Å². The van der Waals surface area contributed by atoms with Gasteiger partial charge in [-0.3, -0.25) is 4.72 Å². The van der Waals surface area contributed by atoms with Gasteiger partial charge >= 0.3 is 0 Å². The molecule has 0 bridgehead atoms. The minimum atomic E-state index is -3.55. The fourth-order valence-electron chi connectivity index (χ4n) is 2.17. The summed E-state index contributed by atoms with van der Waals surface area (Å²) in [5, 5.41) is 0. The number of rotatable bonds is 3. The molecule has 3 nitrogen and oxygen atoms in total. The molecule has 0 aliphatic carbocycles. The second-order valence-electron chi connectivity index (χ2n) is 6.70. The van der Waals surface area contributed by atoms with E-state index in [0.29, 0.717) is 5.69 Å². The third-order valence-corrected chi connectivity index (χ3v) is 5.05. The SMILES string of the molecule is Cc1ccc(S(=O)(=O)Nc2ccc(C(C)(C)C)cc2C)cc1.